The Morgan fingerprint density at radius 2 is 2.27 bits per heavy atom. The zero-order valence-electron chi connectivity index (χ0n) is 8.21. The van der Waals surface area contributed by atoms with Gasteiger partial charge < -0.3 is 5.73 Å². The van der Waals surface area contributed by atoms with Crippen molar-refractivity contribution < 1.29 is 0 Å². The molecule has 2 rings (SSSR count). The lowest BCUT2D eigenvalue weighted by Crippen LogP contribution is -2.20. The van der Waals surface area contributed by atoms with Crippen LogP contribution in [0.1, 0.15) is 0 Å². The van der Waals surface area contributed by atoms with E-state index in [0.717, 1.165) is 0 Å². The molecule has 0 radical (unpaired) electrons. The van der Waals surface area contributed by atoms with Crippen molar-refractivity contribution in [1.82, 2.24) is 14.2 Å². The molecule has 2 N–H and O–H groups in total. The third kappa shape index (κ3) is 1.82. The van der Waals surface area contributed by atoms with Crippen LogP contribution >= 0.6 is 0 Å². The van der Waals surface area contributed by atoms with E-state index in [1.165, 1.54) is 9.08 Å². The summed E-state index contributed by atoms with van der Waals surface area (Å²) < 4.78 is 2.91. The van der Waals surface area contributed by atoms with Crippen LogP contribution < -0.4 is 11.4 Å². The average molecular weight is 204 g/mol. The predicted molar refractivity (Wildman–Crippen MR) is 57.6 cm³/mol. The van der Waals surface area contributed by atoms with E-state index < -0.39 is 0 Å². The zero-order chi connectivity index (χ0) is 10.7. The molecule has 5 heteroatoms. The van der Waals surface area contributed by atoms with Crippen LogP contribution in [0.3, 0.4) is 0 Å². The molecule has 0 aromatic carbocycles. The highest BCUT2D eigenvalue weighted by molar-refractivity contribution is 5.35. The van der Waals surface area contributed by atoms with Crippen molar-refractivity contribution in [3.63, 3.8) is 0 Å². The van der Waals surface area contributed by atoms with Gasteiger partial charge in [0.15, 0.2) is 5.65 Å². The van der Waals surface area contributed by atoms with Gasteiger partial charge in [-0.05, 0) is 12.1 Å². The van der Waals surface area contributed by atoms with Crippen LogP contribution in [-0.2, 0) is 6.54 Å². The molecule has 15 heavy (non-hydrogen) atoms. The van der Waals surface area contributed by atoms with Gasteiger partial charge in [-0.3, -0.25) is 4.40 Å². The van der Waals surface area contributed by atoms with E-state index in [9.17, 15) is 4.79 Å². The minimum absolute atomic E-state index is 0.132. The molecule has 0 fully saturated rings. The van der Waals surface area contributed by atoms with E-state index in [-0.39, 0.29) is 5.69 Å². The number of fused-ring (bicyclic) bond motifs is 1. The molecule has 2 aromatic rings. The number of allylic oxidation sites excluding steroid dienone is 1. The first-order valence-corrected chi connectivity index (χ1v) is 4.72. The molecule has 0 amide bonds. The van der Waals surface area contributed by atoms with E-state index in [1.54, 1.807) is 24.4 Å². The maximum atomic E-state index is 11.7. The third-order valence-electron chi connectivity index (χ3n) is 2.07. The van der Waals surface area contributed by atoms with Crippen LogP contribution in [0.15, 0.2) is 41.3 Å². The van der Waals surface area contributed by atoms with Gasteiger partial charge in [0.25, 0.3) is 0 Å². The van der Waals surface area contributed by atoms with E-state index in [2.05, 4.69) is 5.10 Å². The van der Waals surface area contributed by atoms with Crippen LogP contribution in [0.2, 0.25) is 0 Å². The van der Waals surface area contributed by atoms with Crippen molar-refractivity contribution in [1.29, 1.82) is 0 Å². The van der Waals surface area contributed by atoms with Gasteiger partial charge in [0.1, 0.15) is 0 Å². The second-order valence-corrected chi connectivity index (χ2v) is 3.10. The lowest BCUT2D eigenvalue weighted by molar-refractivity contribution is 0.671. The third-order valence-corrected chi connectivity index (χ3v) is 2.07. The SMILES string of the molecule is NCC=CCn1nc2ccccn2c1=O. The van der Waals surface area contributed by atoms with Crippen LogP contribution in [-0.4, -0.2) is 20.7 Å². The monoisotopic (exact) mass is 204 g/mol. The molecule has 0 aliphatic heterocycles. The molecule has 0 unspecified atom stereocenters. The van der Waals surface area contributed by atoms with Gasteiger partial charge in [-0.1, -0.05) is 18.2 Å². The molecule has 0 saturated carbocycles. The number of hydrogen-bond acceptors (Lipinski definition) is 3. The average Bonchev–Trinajstić information content (AvgIpc) is 2.57. The number of nitrogens with two attached hydrogens (primary N) is 1. The van der Waals surface area contributed by atoms with Gasteiger partial charge in [-0.25, -0.2) is 9.48 Å². The fraction of sp³-hybridized carbons (Fsp3) is 0.200. The molecule has 0 aliphatic rings. The van der Waals surface area contributed by atoms with Gasteiger partial charge in [-0.15, -0.1) is 5.10 Å². The highest BCUT2D eigenvalue weighted by Gasteiger charge is 2.02. The van der Waals surface area contributed by atoms with E-state index >= 15 is 0 Å². The Kier molecular flexibility index (Phi) is 2.64. The number of pyridine rings is 1. The summed E-state index contributed by atoms with van der Waals surface area (Å²) in [5, 5.41) is 4.16. The molecule has 78 valence electrons. The minimum atomic E-state index is -0.132. The van der Waals surface area contributed by atoms with Crippen molar-refractivity contribution >= 4 is 5.65 Å². The summed E-state index contributed by atoms with van der Waals surface area (Å²) in [7, 11) is 0. The zero-order valence-corrected chi connectivity index (χ0v) is 8.21. The highest BCUT2D eigenvalue weighted by Crippen LogP contribution is 1.94. The lowest BCUT2D eigenvalue weighted by atomic mass is 10.5. The summed E-state index contributed by atoms with van der Waals surface area (Å²) in [6, 6.07) is 5.45. The molecule has 0 aliphatic carbocycles. The summed E-state index contributed by atoms with van der Waals surface area (Å²) in [4.78, 5) is 11.7. The number of hydrogen-bond donors (Lipinski definition) is 1. The Bertz CT molecular complexity index is 538. The molecule has 0 saturated heterocycles. The summed E-state index contributed by atoms with van der Waals surface area (Å²) in [5.41, 5.74) is 5.83. The number of rotatable bonds is 3. The maximum Gasteiger partial charge on any atom is 0.350 e. The van der Waals surface area contributed by atoms with Gasteiger partial charge >= 0.3 is 5.69 Å². The fourth-order valence-corrected chi connectivity index (χ4v) is 1.36. The van der Waals surface area contributed by atoms with Crippen molar-refractivity contribution in [2.75, 3.05) is 6.54 Å². The molecule has 2 aromatic heterocycles. The minimum Gasteiger partial charge on any atom is -0.327 e. The Morgan fingerprint density at radius 3 is 3.00 bits per heavy atom. The highest BCUT2D eigenvalue weighted by atomic mass is 16.2. The first kappa shape index (κ1) is 9.67. The van der Waals surface area contributed by atoms with Gasteiger partial charge in [0.05, 0.1) is 6.54 Å². The number of aromatic nitrogens is 3. The van der Waals surface area contributed by atoms with Crippen molar-refractivity contribution in [2.24, 2.45) is 5.73 Å². The van der Waals surface area contributed by atoms with Crippen LogP contribution in [0.25, 0.3) is 5.65 Å². The summed E-state index contributed by atoms with van der Waals surface area (Å²) in [6.07, 6.45) is 5.33. The maximum absolute atomic E-state index is 11.7. The lowest BCUT2D eigenvalue weighted by Gasteiger charge is -1.90. The number of nitrogens with zero attached hydrogens (tertiary/aromatic N) is 3. The van der Waals surface area contributed by atoms with Gasteiger partial charge in [0.2, 0.25) is 0 Å². The normalized spacial score (nSPS) is 11.5. The quantitative estimate of drug-likeness (QED) is 0.716. The Labute approximate surface area is 86.4 Å². The largest absolute Gasteiger partial charge is 0.350 e. The van der Waals surface area contributed by atoms with Crippen LogP contribution in [0.4, 0.5) is 0 Å². The standard InChI is InChI=1S/C10H12N4O/c11-6-2-4-8-14-10(15)13-7-3-1-5-9(13)12-14/h1-5,7H,6,8,11H2. The molecular weight excluding hydrogens is 192 g/mol. The van der Waals surface area contributed by atoms with E-state index in [1.807, 2.05) is 12.1 Å². The van der Waals surface area contributed by atoms with Crippen molar-refractivity contribution in [2.45, 2.75) is 6.54 Å². The van der Waals surface area contributed by atoms with Crippen molar-refractivity contribution in [3.05, 3.63) is 47.0 Å². The van der Waals surface area contributed by atoms with Gasteiger partial charge in [-0.2, -0.15) is 0 Å². The van der Waals surface area contributed by atoms with E-state index in [4.69, 9.17) is 5.73 Å². The molecule has 0 spiro atoms. The molecule has 5 nitrogen and oxygen atoms in total. The van der Waals surface area contributed by atoms with Crippen LogP contribution in [0.5, 0.6) is 0 Å². The smallest absolute Gasteiger partial charge is 0.327 e. The molecule has 2 heterocycles. The predicted octanol–water partition coefficient (Wildman–Crippen LogP) is 0.0109. The summed E-state index contributed by atoms with van der Waals surface area (Å²) >= 11 is 0. The van der Waals surface area contributed by atoms with Gasteiger partial charge in [0, 0.05) is 12.7 Å². The van der Waals surface area contributed by atoms with Crippen LogP contribution in [0, 0.1) is 0 Å². The topological polar surface area (TPSA) is 65.3 Å². The Morgan fingerprint density at radius 1 is 1.40 bits per heavy atom. The Hall–Kier alpha value is -1.88. The Balaban J connectivity index is 2.40. The summed E-state index contributed by atoms with van der Waals surface area (Å²) in [6.45, 7) is 0.930. The van der Waals surface area contributed by atoms with Crippen molar-refractivity contribution in [3.8, 4) is 0 Å². The molecular formula is C10H12N4O. The molecule has 0 bridgehead atoms. The first-order valence-electron chi connectivity index (χ1n) is 4.72. The second-order valence-electron chi connectivity index (χ2n) is 3.10. The first-order chi connectivity index (χ1) is 7.33. The molecule has 0 atom stereocenters. The summed E-state index contributed by atoms with van der Waals surface area (Å²) in [5.74, 6) is 0. The second kappa shape index (κ2) is 4.10. The fourth-order valence-electron chi connectivity index (χ4n) is 1.36. The van der Waals surface area contributed by atoms with E-state index in [0.29, 0.717) is 18.7 Å².